The number of nitrogens with two attached hydrogens (primary N) is 1. The van der Waals surface area contributed by atoms with Gasteiger partial charge in [-0.1, -0.05) is 26.7 Å². The van der Waals surface area contributed by atoms with Crippen molar-refractivity contribution in [2.24, 2.45) is 11.8 Å². The quantitative estimate of drug-likeness (QED) is 0.622. The lowest BCUT2D eigenvalue weighted by atomic mass is 10.1. The lowest BCUT2D eigenvalue weighted by Gasteiger charge is -2.32. The van der Waals surface area contributed by atoms with Crippen molar-refractivity contribution in [3.05, 3.63) is 11.4 Å². The van der Waals surface area contributed by atoms with E-state index in [2.05, 4.69) is 36.1 Å². The molecule has 0 aliphatic heterocycles. The molecule has 2 rings (SSSR count). The number of anilines is 2. The Balaban J connectivity index is 2.32. The minimum absolute atomic E-state index is 0.613. The molecule has 0 atom stereocenters. The molecule has 0 amide bonds. The molecule has 1 aromatic heterocycles. The second kappa shape index (κ2) is 7.07. The summed E-state index contributed by atoms with van der Waals surface area (Å²) in [6.45, 7) is 9.60. The zero-order valence-electron chi connectivity index (χ0n) is 13.8. The van der Waals surface area contributed by atoms with Gasteiger partial charge in [0.15, 0.2) is 0 Å². The van der Waals surface area contributed by atoms with Crippen LogP contribution in [0.5, 0.6) is 0 Å². The van der Waals surface area contributed by atoms with E-state index in [-0.39, 0.29) is 0 Å². The summed E-state index contributed by atoms with van der Waals surface area (Å²) < 4.78 is 0. The normalized spacial score (nSPS) is 15.7. The number of hydrazine groups is 1. The fourth-order valence-corrected chi connectivity index (χ4v) is 3.11. The van der Waals surface area contributed by atoms with Crippen LogP contribution in [0.1, 0.15) is 57.3 Å². The van der Waals surface area contributed by atoms with Crippen molar-refractivity contribution in [2.45, 2.75) is 65.8 Å². The molecule has 0 radical (unpaired) electrons. The minimum atomic E-state index is 0.613. The van der Waals surface area contributed by atoms with Gasteiger partial charge in [0.1, 0.15) is 17.5 Å². The number of aromatic nitrogens is 2. The second-order valence-corrected chi connectivity index (χ2v) is 6.53. The summed E-state index contributed by atoms with van der Waals surface area (Å²) in [6.07, 6.45) is 6.38. The first-order chi connectivity index (χ1) is 10.0. The first-order valence-electron chi connectivity index (χ1n) is 8.11. The summed E-state index contributed by atoms with van der Waals surface area (Å²) in [5.41, 5.74) is 3.76. The van der Waals surface area contributed by atoms with Crippen LogP contribution >= 0.6 is 0 Å². The van der Waals surface area contributed by atoms with E-state index in [1.165, 1.54) is 32.1 Å². The highest BCUT2D eigenvalue weighted by Gasteiger charge is 2.26. The average Bonchev–Trinajstić information content (AvgIpc) is 2.96. The van der Waals surface area contributed by atoms with Crippen LogP contribution in [0.25, 0.3) is 0 Å². The summed E-state index contributed by atoms with van der Waals surface area (Å²) in [6, 6.07) is 0.613. The Morgan fingerprint density at radius 1 is 1.24 bits per heavy atom. The number of nitrogens with one attached hydrogen (secondary N) is 1. The van der Waals surface area contributed by atoms with Gasteiger partial charge in [-0.05, 0) is 39.0 Å². The van der Waals surface area contributed by atoms with Crippen molar-refractivity contribution >= 4 is 11.6 Å². The maximum absolute atomic E-state index is 5.61. The Hall–Kier alpha value is -1.36. The van der Waals surface area contributed by atoms with Gasteiger partial charge in [-0.3, -0.25) is 0 Å². The number of nitrogen functional groups attached to an aromatic ring is 1. The predicted octanol–water partition coefficient (Wildman–Crippen LogP) is 3.17. The van der Waals surface area contributed by atoms with Gasteiger partial charge in [-0.2, -0.15) is 0 Å². The van der Waals surface area contributed by atoms with Crippen LogP contribution in [0.15, 0.2) is 0 Å². The number of nitrogens with zero attached hydrogens (tertiary/aromatic N) is 3. The Bertz CT molecular complexity index is 466. The molecule has 1 aliphatic rings. The zero-order valence-corrected chi connectivity index (χ0v) is 13.8. The van der Waals surface area contributed by atoms with Crippen LogP contribution < -0.4 is 16.2 Å². The SMILES string of the molecule is Cc1nc(NN)c(C)c(N(CCC(C)C)C2CCCC2)n1. The number of hydrogen-bond acceptors (Lipinski definition) is 5. The van der Waals surface area contributed by atoms with E-state index in [1.54, 1.807) is 0 Å². The fraction of sp³-hybridized carbons (Fsp3) is 0.750. The van der Waals surface area contributed by atoms with Gasteiger partial charge in [0, 0.05) is 18.2 Å². The van der Waals surface area contributed by atoms with Crippen LogP contribution in [0.2, 0.25) is 0 Å². The number of hydrogen-bond donors (Lipinski definition) is 2. The summed E-state index contributed by atoms with van der Waals surface area (Å²) in [5, 5.41) is 0. The van der Waals surface area contributed by atoms with Crippen molar-refractivity contribution in [3.8, 4) is 0 Å². The predicted molar refractivity (Wildman–Crippen MR) is 88.4 cm³/mol. The lowest BCUT2D eigenvalue weighted by Crippen LogP contribution is -2.36. The molecule has 0 spiro atoms. The van der Waals surface area contributed by atoms with E-state index in [4.69, 9.17) is 10.8 Å². The van der Waals surface area contributed by atoms with E-state index in [0.717, 1.165) is 29.6 Å². The summed E-state index contributed by atoms with van der Waals surface area (Å²) in [4.78, 5) is 11.6. The van der Waals surface area contributed by atoms with E-state index >= 15 is 0 Å². The monoisotopic (exact) mass is 291 g/mol. The van der Waals surface area contributed by atoms with Gasteiger partial charge in [-0.25, -0.2) is 15.8 Å². The second-order valence-electron chi connectivity index (χ2n) is 6.53. The number of aryl methyl sites for hydroxylation is 1. The summed E-state index contributed by atoms with van der Waals surface area (Å²) in [5.74, 6) is 8.88. The van der Waals surface area contributed by atoms with Crippen molar-refractivity contribution in [2.75, 3.05) is 16.9 Å². The maximum atomic E-state index is 5.61. The Kier molecular flexibility index (Phi) is 5.39. The van der Waals surface area contributed by atoms with E-state index < -0.39 is 0 Å². The van der Waals surface area contributed by atoms with Crippen molar-refractivity contribution < 1.29 is 0 Å². The van der Waals surface area contributed by atoms with Gasteiger partial charge in [0.2, 0.25) is 0 Å². The molecule has 1 saturated carbocycles. The molecule has 118 valence electrons. The van der Waals surface area contributed by atoms with Crippen LogP contribution in [-0.4, -0.2) is 22.6 Å². The molecule has 1 fully saturated rings. The van der Waals surface area contributed by atoms with Crippen LogP contribution in [0, 0.1) is 19.8 Å². The lowest BCUT2D eigenvalue weighted by molar-refractivity contribution is 0.523. The zero-order chi connectivity index (χ0) is 15.4. The first-order valence-corrected chi connectivity index (χ1v) is 8.11. The third-order valence-electron chi connectivity index (χ3n) is 4.35. The highest BCUT2D eigenvalue weighted by atomic mass is 15.3. The third kappa shape index (κ3) is 3.84. The van der Waals surface area contributed by atoms with Crippen molar-refractivity contribution in [1.29, 1.82) is 0 Å². The van der Waals surface area contributed by atoms with Gasteiger partial charge in [0.05, 0.1) is 0 Å². The highest BCUT2D eigenvalue weighted by molar-refractivity contribution is 5.58. The molecule has 5 heteroatoms. The summed E-state index contributed by atoms with van der Waals surface area (Å²) >= 11 is 0. The molecule has 1 heterocycles. The fourth-order valence-electron chi connectivity index (χ4n) is 3.11. The van der Waals surface area contributed by atoms with Gasteiger partial charge in [0.25, 0.3) is 0 Å². The van der Waals surface area contributed by atoms with Crippen molar-refractivity contribution in [3.63, 3.8) is 0 Å². The molecule has 3 N–H and O–H groups in total. The number of rotatable bonds is 6. The molecular weight excluding hydrogens is 262 g/mol. The largest absolute Gasteiger partial charge is 0.353 e. The first kappa shape index (κ1) is 16.0. The molecule has 5 nitrogen and oxygen atoms in total. The molecule has 0 saturated heterocycles. The average molecular weight is 291 g/mol. The molecule has 0 bridgehead atoms. The van der Waals surface area contributed by atoms with E-state index in [9.17, 15) is 0 Å². The highest BCUT2D eigenvalue weighted by Crippen LogP contribution is 2.31. The maximum Gasteiger partial charge on any atom is 0.148 e. The Morgan fingerprint density at radius 2 is 1.90 bits per heavy atom. The van der Waals surface area contributed by atoms with E-state index in [1.807, 2.05) is 6.92 Å². The van der Waals surface area contributed by atoms with Crippen LogP contribution in [0.3, 0.4) is 0 Å². The minimum Gasteiger partial charge on any atom is -0.353 e. The van der Waals surface area contributed by atoms with Gasteiger partial charge < -0.3 is 10.3 Å². The van der Waals surface area contributed by atoms with Crippen molar-refractivity contribution in [1.82, 2.24) is 9.97 Å². The molecule has 1 aliphatic carbocycles. The van der Waals surface area contributed by atoms with Crippen LogP contribution in [0.4, 0.5) is 11.6 Å². The summed E-state index contributed by atoms with van der Waals surface area (Å²) in [7, 11) is 0. The molecule has 0 aromatic carbocycles. The van der Waals surface area contributed by atoms with E-state index in [0.29, 0.717) is 12.0 Å². The van der Waals surface area contributed by atoms with Gasteiger partial charge >= 0.3 is 0 Å². The molecule has 21 heavy (non-hydrogen) atoms. The molecule has 0 unspecified atom stereocenters. The molecular formula is C16H29N5. The van der Waals surface area contributed by atoms with Crippen LogP contribution in [-0.2, 0) is 0 Å². The third-order valence-corrected chi connectivity index (χ3v) is 4.35. The Labute approximate surface area is 128 Å². The topological polar surface area (TPSA) is 67.1 Å². The Morgan fingerprint density at radius 3 is 2.48 bits per heavy atom. The smallest absolute Gasteiger partial charge is 0.148 e. The molecule has 1 aromatic rings. The standard InChI is InChI=1S/C16H29N5/c1-11(2)9-10-21(14-7-5-6-8-14)16-12(3)15(20-17)18-13(4)19-16/h11,14H,5-10,17H2,1-4H3,(H,18,19,20). The van der Waals surface area contributed by atoms with Gasteiger partial charge in [-0.15, -0.1) is 0 Å².